The highest BCUT2D eigenvalue weighted by Gasteiger charge is 2.20. The molecule has 0 saturated carbocycles. The molecule has 1 aliphatic rings. The van der Waals surface area contributed by atoms with E-state index >= 15 is 0 Å². The SMILES string of the molecule is COc1ccc([N+](=O)[O-])c(OCC2CCCNC2)n1. The molecule has 1 aromatic rings. The number of nitro groups is 1. The maximum atomic E-state index is 10.9. The van der Waals surface area contributed by atoms with E-state index in [0.717, 1.165) is 25.9 Å². The Morgan fingerprint density at radius 2 is 2.42 bits per heavy atom. The number of piperidine rings is 1. The number of methoxy groups -OCH3 is 1. The Labute approximate surface area is 111 Å². The normalized spacial score (nSPS) is 18.9. The van der Waals surface area contributed by atoms with Gasteiger partial charge in [-0.15, -0.1) is 0 Å². The molecular formula is C12H17N3O4. The molecule has 2 rings (SSSR count). The van der Waals surface area contributed by atoms with Crippen molar-refractivity contribution in [3.05, 3.63) is 22.2 Å². The summed E-state index contributed by atoms with van der Waals surface area (Å²) in [4.78, 5) is 14.4. The molecule has 1 N–H and O–H groups in total. The summed E-state index contributed by atoms with van der Waals surface area (Å²) in [6.45, 7) is 2.32. The van der Waals surface area contributed by atoms with E-state index in [-0.39, 0.29) is 11.6 Å². The van der Waals surface area contributed by atoms with Crippen molar-refractivity contribution < 1.29 is 14.4 Å². The second-order valence-electron chi connectivity index (χ2n) is 4.46. The lowest BCUT2D eigenvalue weighted by Gasteiger charge is -2.22. The fourth-order valence-electron chi connectivity index (χ4n) is 2.04. The van der Waals surface area contributed by atoms with Crippen LogP contribution in [0.5, 0.6) is 11.8 Å². The summed E-state index contributed by atoms with van der Waals surface area (Å²) in [5.41, 5.74) is -0.135. The van der Waals surface area contributed by atoms with E-state index in [1.165, 1.54) is 19.2 Å². The van der Waals surface area contributed by atoms with Crippen molar-refractivity contribution in [2.45, 2.75) is 12.8 Å². The van der Waals surface area contributed by atoms with Crippen LogP contribution in [0.3, 0.4) is 0 Å². The molecule has 7 heteroatoms. The molecule has 1 unspecified atom stereocenters. The van der Waals surface area contributed by atoms with Crippen LogP contribution in [0.4, 0.5) is 5.69 Å². The van der Waals surface area contributed by atoms with Gasteiger partial charge in [0.05, 0.1) is 18.6 Å². The predicted octanol–water partition coefficient (Wildman–Crippen LogP) is 1.38. The molecule has 1 saturated heterocycles. The summed E-state index contributed by atoms with van der Waals surface area (Å²) in [5.74, 6) is 0.693. The van der Waals surface area contributed by atoms with Crippen LogP contribution in [0.1, 0.15) is 12.8 Å². The van der Waals surface area contributed by atoms with Crippen LogP contribution in [0.25, 0.3) is 0 Å². The Bertz CT molecular complexity index is 447. The van der Waals surface area contributed by atoms with E-state index in [0.29, 0.717) is 18.4 Å². The molecule has 1 fully saturated rings. The number of nitrogens with zero attached hydrogens (tertiary/aromatic N) is 2. The number of hydrogen-bond acceptors (Lipinski definition) is 6. The van der Waals surface area contributed by atoms with Crippen molar-refractivity contribution in [3.63, 3.8) is 0 Å². The molecule has 0 aromatic carbocycles. The van der Waals surface area contributed by atoms with Crippen LogP contribution in [-0.2, 0) is 0 Å². The smallest absolute Gasteiger partial charge is 0.331 e. The average molecular weight is 267 g/mol. The van der Waals surface area contributed by atoms with Gasteiger partial charge in [-0.05, 0) is 19.4 Å². The zero-order valence-corrected chi connectivity index (χ0v) is 10.8. The Morgan fingerprint density at radius 1 is 1.58 bits per heavy atom. The highest BCUT2D eigenvalue weighted by Crippen LogP contribution is 2.27. The van der Waals surface area contributed by atoms with Crippen LogP contribution in [-0.4, -0.2) is 36.7 Å². The third-order valence-corrected chi connectivity index (χ3v) is 3.08. The van der Waals surface area contributed by atoms with E-state index in [9.17, 15) is 10.1 Å². The third-order valence-electron chi connectivity index (χ3n) is 3.08. The number of hydrogen-bond donors (Lipinski definition) is 1. The molecular weight excluding hydrogens is 250 g/mol. The summed E-state index contributed by atoms with van der Waals surface area (Å²) < 4.78 is 10.5. The number of ether oxygens (including phenoxy) is 2. The highest BCUT2D eigenvalue weighted by molar-refractivity contribution is 5.42. The lowest BCUT2D eigenvalue weighted by Crippen LogP contribution is -2.33. The molecule has 1 aromatic heterocycles. The monoisotopic (exact) mass is 267 g/mol. The number of rotatable bonds is 5. The van der Waals surface area contributed by atoms with Crippen LogP contribution in [0, 0.1) is 16.0 Å². The molecule has 0 radical (unpaired) electrons. The summed E-state index contributed by atoms with van der Waals surface area (Å²) >= 11 is 0. The second-order valence-corrected chi connectivity index (χ2v) is 4.46. The quantitative estimate of drug-likeness (QED) is 0.640. The van der Waals surface area contributed by atoms with Crippen molar-refractivity contribution in [2.24, 2.45) is 5.92 Å². The first-order valence-electron chi connectivity index (χ1n) is 6.23. The van der Waals surface area contributed by atoms with Gasteiger partial charge in [-0.25, -0.2) is 0 Å². The molecule has 19 heavy (non-hydrogen) atoms. The predicted molar refractivity (Wildman–Crippen MR) is 68.5 cm³/mol. The highest BCUT2D eigenvalue weighted by atomic mass is 16.6. The number of nitrogens with one attached hydrogen (secondary N) is 1. The number of aromatic nitrogens is 1. The van der Waals surface area contributed by atoms with Gasteiger partial charge in [0, 0.05) is 24.6 Å². The zero-order chi connectivity index (χ0) is 13.7. The van der Waals surface area contributed by atoms with Gasteiger partial charge in [0.15, 0.2) is 0 Å². The largest absolute Gasteiger partial charge is 0.481 e. The van der Waals surface area contributed by atoms with Crippen molar-refractivity contribution >= 4 is 5.69 Å². The van der Waals surface area contributed by atoms with Gasteiger partial charge in [-0.3, -0.25) is 10.1 Å². The van der Waals surface area contributed by atoms with Gasteiger partial charge >= 0.3 is 5.69 Å². The summed E-state index contributed by atoms with van der Waals surface area (Å²) in [5, 5.41) is 14.2. The molecule has 0 bridgehead atoms. The molecule has 1 atom stereocenters. The molecule has 2 heterocycles. The minimum absolute atomic E-state index is 0.0231. The molecule has 0 aliphatic carbocycles. The first kappa shape index (κ1) is 13.5. The second kappa shape index (κ2) is 6.33. The summed E-state index contributed by atoms with van der Waals surface area (Å²) in [6.07, 6.45) is 2.16. The minimum Gasteiger partial charge on any atom is -0.481 e. The first-order valence-corrected chi connectivity index (χ1v) is 6.23. The molecule has 104 valence electrons. The fraction of sp³-hybridized carbons (Fsp3) is 0.583. The Morgan fingerprint density at radius 3 is 3.05 bits per heavy atom. The van der Waals surface area contributed by atoms with E-state index in [1.54, 1.807) is 0 Å². The van der Waals surface area contributed by atoms with Crippen molar-refractivity contribution in [3.8, 4) is 11.8 Å². The Kier molecular flexibility index (Phi) is 4.51. The van der Waals surface area contributed by atoms with Crippen LogP contribution in [0.2, 0.25) is 0 Å². The Hall–Kier alpha value is -1.89. The van der Waals surface area contributed by atoms with Crippen LogP contribution >= 0.6 is 0 Å². The van der Waals surface area contributed by atoms with Gasteiger partial charge < -0.3 is 14.8 Å². The molecule has 1 aliphatic heterocycles. The van der Waals surface area contributed by atoms with Gasteiger partial charge in [-0.2, -0.15) is 4.98 Å². The van der Waals surface area contributed by atoms with Gasteiger partial charge in [0.1, 0.15) is 0 Å². The average Bonchev–Trinajstić information content (AvgIpc) is 2.45. The van der Waals surface area contributed by atoms with Gasteiger partial charge in [0.2, 0.25) is 5.88 Å². The Balaban J connectivity index is 2.06. The lowest BCUT2D eigenvalue weighted by molar-refractivity contribution is -0.386. The van der Waals surface area contributed by atoms with Crippen molar-refractivity contribution in [1.29, 1.82) is 0 Å². The molecule has 0 amide bonds. The van der Waals surface area contributed by atoms with Crippen molar-refractivity contribution in [1.82, 2.24) is 10.3 Å². The van der Waals surface area contributed by atoms with Gasteiger partial charge in [-0.1, -0.05) is 0 Å². The first-order chi connectivity index (χ1) is 9.20. The maximum Gasteiger partial charge on any atom is 0.331 e. The van der Waals surface area contributed by atoms with Gasteiger partial charge in [0.25, 0.3) is 5.88 Å². The standard InChI is InChI=1S/C12H17N3O4/c1-18-11-5-4-10(15(16)17)12(14-11)19-8-9-3-2-6-13-7-9/h4-5,9,13H,2-3,6-8H2,1H3. The summed E-state index contributed by atoms with van der Waals surface area (Å²) in [6, 6.07) is 2.80. The lowest BCUT2D eigenvalue weighted by atomic mass is 10.0. The topological polar surface area (TPSA) is 86.5 Å². The van der Waals surface area contributed by atoms with E-state index in [4.69, 9.17) is 9.47 Å². The van der Waals surface area contributed by atoms with Crippen LogP contribution < -0.4 is 14.8 Å². The molecule has 0 spiro atoms. The van der Waals surface area contributed by atoms with Crippen LogP contribution in [0.15, 0.2) is 12.1 Å². The third kappa shape index (κ3) is 3.54. The van der Waals surface area contributed by atoms with E-state index < -0.39 is 4.92 Å². The zero-order valence-electron chi connectivity index (χ0n) is 10.8. The van der Waals surface area contributed by atoms with E-state index in [1.807, 2.05) is 0 Å². The van der Waals surface area contributed by atoms with Crippen molar-refractivity contribution in [2.75, 3.05) is 26.8 Å². The molecule has 7 nitrogen and oxygen atoms in total. The number of pyridine rings is 1. The fourth-order valence-corrected chi connectivity index (χ4v) is 2.04. The maximum absolute atomic E-state index is 10.9. The minimum atomic E-state index is -0.499. The van der Waals surface area contributed by atoms with E-state index in [2.05, 4.69) is 10.3 Å². The summed E-state index contributed by atoms with van der Waals surface area (Å²) in [7, 11) is 1.46.